The van der Waals surface area contributed by atoms with Gasteiger partial charge in [0.1, 0.15) is 5.82 Å². The summed E-state index contributed by atoms with van der Waals surface area (Å²) < 4.78 is 0. The molecular weight excluding hydrogens is 389 g/mol. The number of nitrogens with one attached hydrogen (secondary N) is 1. The summed E-state index contributed by atoms with van der Waals surface area (Å²) in [4.78, 5) is 26.8. The molecule has 1 aliphatic carbocycles. The van der Waals surface area contributed by atoms with Crippen LogP contribution in [0, 0.1) is 5.92 Å². The molecular formula is C19H15Cl2N3O3. The molecule has 2 aromatic rings. The van der Waals surface area contributed by atoms with E-state index in [9.17, 15) is 9.59 Å². The number of pyridine rings is 1. The van der Waals surface area contributed by atoms with Gasteiger partial charge in [0.05, 0.1) is 16.2 Å². The molecule has 8 heteroatoms. The van der Waals surface area contributed by atoms with E-state index in [0.29, 0.717) is 23.0 Å². The summed E-state index contributed by atoms with van der Waals surface area (Å²) in [5.74, 6) is -1.35. The van der Waals surface area contributed by atoms with Crippen LogP contribution >= 0.6 is 23.2 Å². The van der Waals surface area contributed by atoms with Gasteiger partial charge in [0.25, 0.3) is 5.91 Å². The van der Waals surface area contributed by atoms with Crippen LogP contribution in [-0.4, -0.2) is 22.0 Å². The Morgan fingerprint density at radius 1 is 1.22 bits per heavy atom. The van der Waals surface area contributed by atoms with Crippen molar-refractivity contribution in [2.24, 2.45) is 11.7 Å². The monoisotopic (exact) mass is 403 g/mol. The number of carboxylic acids is 1. The number of hydrogen-bond donors (Lipinski definition) is 3. The molecule has 1 atom stereocenters. The van der Waals surface area contributed by atoms with Crippen LogP contribution in [0.15, 0.2) is 64.3 Å². The Bertz CT molecular complexity index is 986. The van der Waals surface area contributed by atoms with Crippen LogP contribution in [0.5, 0.6) is 0 Å². The molecule has 0 saturated heterocycles. The quantitative estimate of drug-likeness (QED) is 0.679. The zero-order chi connectivity index (χ0) is 19.6. The van der Waals surface area contributed by atoms with Crippen molar-refractivity contribution in [3.05, 3.63) is 75.4 Å². The first-order valence-electron chi connectivity index (χ1n) is 7.97. The third kappa shape index (κ3) is 4.30. The van der Waals surface area contributed by atoms with Crippen LogP contribution in [-0.2, 0) is 11.2 Å². The van der Waals surface area contributed by atoms with Gasteiger partial charge in [0.15, 0.2) is 0 Å². The SMILES string of the molecule is NC(=O)C1=C(Cl)C(Cc2ccnc(Nc3cccc(C(=O)O)c3)c2)C=C1Cl. The molecule has 3 rings (SSSR count). The highest BCUT2D eigenvalue weighted by Crippen LogP contribution is 2.37. The Morgan fingerprint density at radius 2 is 2.00 bits per heavy atom. The van der Waals surface area contributed by atoms with Crippen LogP contribution in [0.2, 0.25) is 0 Å². The minimum Gasteiger partial charge on any atom is -0.478 e. The first-order valence-corrected chi connectivity index (χ1v) is 8.73. The molecule has 6 nitrogen and oxygen atoms in total. The number of halogens is 2. The molecule has 0 aliphatic heterocycles. The predicted molar refractivity (Wildman–Crippen MR) is 104 cm³/mol. The van der Waals surface area contributed by atoms with E-state index in [1.165, 1.54) is 12.1 Å². The lowest BCUT2D eigenvalue weighted by Gasteiger charge is -2.11. The molecule has 1 aromatic heterocycles. The number of aromatic nitrogens is 1. The average molecular weight is 404 g/mol. The van der Waals surface area contributed by atoms with E-state index in [2.05, 4.69) is 10.3 Å². The summed E-state index contributed by atoms with van der Waals surface area (Å²) >= 11 is 12.3. The van der Waals surface area contributed by atoms with E-state index in [-0.39, 0.29) is 22.1 Å². The number of anilines is 2. The second kappa shape index (κ2) is 7.82. The van der Waals surface area contributed by atoms with Crippen LogP contribution in [0.4, 0.5) is 11.5 Å². The van der Waals surface area contributed by atoms with Gasteiger partial charge in [-0.05, 0) is 42.3 Å². The standard InChI is InChI=1S/C19H15Cl2N3O3/c20-14-9-12(17(21)16(14)18(22)25)6-10-4-5-23-15(7-10)24-13-3-1-2-11(8-13)19(26)27/h1-5,7-9,12H,6H2,(H2,22,25)(H,23,24)(H,26,27). The van der Waals surface area contributed by atoms with Gasteiger partial charge in [-0.3, -0.25) is 4.79 Å². The number of aromatic carboxylic acids is 1. The number of rotatable bonds is 6. The molecule has 0 radical (unpaired) electrons. The average Bonchev–Trinajstić information content (AvgIpc) is 2.89. The van der Waals surface area contributed by atoms with Gasteiger partial charge in [0, 0.05) is 22.8 Å². The highest BCUT2D eigenvalue weighted by Gasteiger charge is 2.27. The van der Waals surface area contributed by atoms with Crippen LogP contribution in [0.1, 0.15) is 15.9 Å². The zero-order valence-corrected chi connectivity index (χ0v) is 15.5. The Balaban J connectivity index is 1.78. The molecule has 0 spiro atoms. The van der Waals surface area contributed by atoms with Crippen LogP contribution in [0.25, 0.3) is 0 Å². The summed E-state index contributed by atoms with van der Waals surface area (Å²) in [6, 6.07) is 10.1. The lowest BCUT2D eigenvalue weighted by Crippen LogP contribution is -2.14. The van der Waals surface area contributed by atoms with Crippen molar-refractivity contribution in [3.63, 3.8) is 0 Å². The Hall–Kier alpha value is -2.83. The fraction of sp³-hybridized carbons (Fsp3) is 0.105. The van der Waals surface area contributed by atoms with Gasteiger partial charge in [-0.2, -0.15) is 0 Å². The molecule has 27 heavy (non-hydrogen) atoms. The van der Waals surface area contributed by atoms with Crippen molar-refractivity contribution < 1.29 is 14.7 Å². The number of allylic oxidation sites excluding steroid dienone is 2. The summed E-state index contributed by atoms with van der Waals surface area (Å²) in [5.41, 5.74) is 7.16. The number of carboxylic acid groups (broad SMARTS) is 1. The summed E-state index contributed by atoms with van der Waals surface area (Å²) in [6.07, 6.45) is 3.84. The third-order valence-corrected chi connectivity index (χ3v) is 4.84. The fourth-order valence-corrected chi connectivity index (χ4v) is 3.55. The fourth-order valence-electron chi connectivity index (χ4n) is 2.82. The minimum atomic E-state index is -1.00. The number of nitrogens with zero attached hydrogens (tertiary/aromatic N) is 1. The molecule has 1 unspecified atom stereocenters. The van der Waals surface area contributed by atoms with Crippen molar-refractivity contribution in [2.75, 3.05) is 5.32 Å². The maximum absolute atomic E-state index is 11.4. The largest absolute Gasteiger partial charge is 0.478 e. The number of amides is 1. The summed E-state index contributed by atoms with van der Waals surface area (Å²) in [6.45, 7) is 0. The van der Waals surface area contributed by atoms with E-state index in [1.54, 1.807) is 24.4 Å². The van der Waals surface area contributed by atoms with E-state index in [0.717, 1.165) is 5.56 Å². The number of primary amides is 1. The highest BCUT2D eigenvalue weighted by atomic mass is 35.5. The smallest absolute Gasteiger partial charge is 0.335 e. The van der Waals surface area contributed by atoms with Crippen LogP contribution in [0.3, 0.4) is 0 Å². The molecule has 1 aliphatic rings. The Labute approximate surface area is 165 Å². The molecule has 138 valence electrons. The second-order valence-corrected chi connectivity index (χ2v) is 6.79. The zero-order valence-electron chi connectivity index (χ0n) is 13.9. The third-order valence-electron chi connectivity index (χ3n) is 4.06. The number of carbonyl (C=O) groups is 2. The van der Waals surface area contributed by atoms with Crippen molar-refractivity contribution in [2.45, 2.75) is 6.42 Å². The van der Waals surface area contributed by atoms with Crippen molar-refractivity contribution >= 4 is 46.6 Å². The van der Waals surface area contributed by atoms with Crippen molar-refractivity contribution in [1.82, 2.24) is 4.98 Å². The lowest BCUT2D eigenvalue weighted by atomic mass is 10.0. The van der Waals surface area contributed by atoms with Gasteiger partial charge in [-0.25, -0.2) is 9.78 Å². The lowest BCUT2D eigenvalue weighted by molar-refractivity contribution is -0.114. The van der Waals surface area contributed by atoms with E-state index >= 15 is 0 Å². The first-order chi connectivity index (χ1) is 12.8. The second-order valence-electron chi connectivity index (χ2n) is 5.97. The molecule has 0 saturated carbocycles. The van der Waals surface area contributed by atoms with E-state index < -0.39 is 11.9 Å². The normalized spacial score (nSPS) is 16.2. The van der Waals surface area contributed by atoms with Crippen molar-refractivity contribution in [3.8, 4) is 0 Å². The van der Waals surface area contributed by atoms with Gasteiger partial charge in [-0.15, -0.1) is 0 Å². The summed E-state index contributed by atoms with van der Waals surface area (Å²) in [7, 11) is 0. The highest BCUT2D eigenvalue weighted by molar-refractivity contribution is 6.41. The number of carbonyl (C=O) groups excluding carboxylic acids is 1. The van der Waals surface area contributed by atoms with Gasteiger partial charge in [-0.1, -0.05) is 35.3 Å². The number of nitrogens with two attached hydrogens (primary N) is 1. The van der Waals surface area contributed by atoms with Crippen molar-refractivity contribution in [1.29, 1.82) is 0 Å². The number of hydrogen-bond acceptors (Lipinski definition) is 4. The minimum absolute atomic E-state index is 0.154. The maximum Gasteiger partial charge on any atom is 0.335 e. The van der Waals surface area contributed by atoms with Gasteiger partial charge >= 0.3 is 5.97 Å². The summed E-state index contributed by atoms with van der Waals surface area (Å²) in [5, 5.41) is 12.7. The van der Waals surface area contributed by atoms with Gasteiger partial charge < -0.3 is 16.2 Å². The predicted octanol–water partition coefficient (Wildman–Crippen LogP) is 3.80. The Morgan fingerprint density at radius 3 is 2.67 bits per heavy atom. The molecule has 0 fully saturated rings. The molecule has 0 bridgehead atoms. The topological polar surface area (TPSA) is 105 Å². The maximum atomic E-state index is 11.4. The van der Waals surface area contributed by atoms with E-state index in [4.69, 9.17) is 34.0 Å². The Kier molecular flexibility index (Phi) is 5.48. The molecule has 4 N–H and O–H groups in total. The van der Waals surface area contributed by atoms with Gasteiger partial charge in [0.2, 0.25) is 0 Å². The van der Waals surface area contributed by atoms with Crippen LogP contribution < -0.4 is 11.1 Å². The molecule has 1 heterocycles. The van der Waals surface area contributed by atoms with E-state index in [1.807, 2.05) is 12.1 Å². The number of benzene rings is 1. The molecule has 1 amide bonds. The first kappa shape index (κ1) is 18.9. The molecule has 1 aromatic carbocycles.